The summed E-state index contributed by atoms with van der Waals surface area (Å²) in [6, 6.07) is 10.6. The Hall–Kier alpha value is -3.76. The number of aromatic nitrogens is 4. The molecule has 2 N–H and O–H groups in total. The number of hydrazine groups is 1. The van der Waals surface area contributed by atoms with Gasteiger partial charge in [0.2, 0.25) is 5.91 Å². The lowest BCUT2D eigenvalue weighted by Crippen LogP contribution is -2.46. The molecule has 0 atom stereocenters. The second-order valence-electron chi connectivity index (χ2n) is 7.85. The van der Waals surface area contributed by atoms with Crippen LogP contribution in [-0.2, 0) is 11.3 Å². The van der Waals surface area contributed by atoms with Crippen LogP contribution in [0.15, 0.2) is 42.6 Å². The maximum Gasteiger partial charge on any atom is 0.272 e. The fourth-order valence-electron chi connectivity index (χ4n) is 3.82. The van der Waals surface area contributed by atoms with Crippen molar-refractivity contribution in [2.45, 2.75) is 20.4 Å². The number of amides is 2. The highest BCUT2D eigenvalue weighted by atomic mass is 35.5. The monoisotopic (exact) mass is 493 g/mol. The highest BCUT2D eigenvalue weighted by Gasteiger charge is 2.25. The molecule has 2 amide bonds. The molecule has 0 bridgehead atoms. The molecule has 0 aliphatic rings. The van der Waals surface area contributed by atoms with Crippen LogP contribution in [0.3, 0.4) is 0 Å². The van der Waals surface area contributed by atoms with E-state index in [1.54, 1.807) is 43.6 Å². The fourth-order valence-corrected chi connectivity index (χ4v) is 4.92. The van der Waals surface area contributed by atoms with Gasteiger partial charge < -0.3 is 5.73 Å². The lowest BCUT2D eigenvalue weighted by molar-refractivity contribution is -0.140. The molecular formula is C23H20ClN7O2S. The van der Waals surface area contributed by atoms with E-state index in [0.717, 1.165) is 16.0 Å². The molecule has 0 unspecified atom stereocenters. The van der Waals surface area contributed by atoms with Gasteiger partial charge in [0.1, 0.15) is 22.2 Å². The summed E-state index contributed by atoms with van der Waals surface area (Å²) >= 11 is 7.53. The number of imidazole rings is 1. The van der Waals surface area contributed by atoms with Crippen LogP contribution >= 0.6 is 22.9 Å². The molecule has 0 aliphatic carbocycles. The normalized spacial score (nSPS) is 11.4. The third kappa shape index (κ3) is 3.70. The van der Waals surface area contributed by atoms with Crippen LogP contribution in [0.2, 0.25) is 5.02 Å². The van der Waals surface area contributed by atoms with Crippen molar-refractivity contribution < 1.29 is 9.59 Å². The van der Waals surface area contributed by atoms with Crippen LogP contribution in [0.1, 0.15) is 28.1 Å². The van der Waals surface area contributed by atoms with Crippen molar-refractivity contribution in [2.24, 2.45) is 0 Å². The van der Waals surface area contributed by atoms with E-state index in [2.05, 4.69) is 15.0 Å². The van der Waals surface area contributed by atoms with Crippen molar-refractivity contribution in [3.63, 3.8) is 0 Å². The molecule has 0 saturated heterocycles. The molecule has 172 valence electrons. The Kier molecular flexibility index (Phi) is 5.34. The van der Waals surface area contributed by atoms with E-state index in [9.17, 15) is 9.59 Å². The maximum atomic E-state index is 13.7. The predicted octanol–water partition coefficient (Wildman–Crippen LogP) is 4.07. The van der Waals surface area contributed by atoms with Gasteiger partial charge in [0.15, 0.2) is 0 Å². The van der Waals surface area contributed by atoms with E-state index < -0.39 is 0 Å². The van der Waals surface area contributed by atoms with Crippen molar-refractivity contribution in [3.8, 4) is 0 Å². The zero-order valence-electron chi connectivity index (χ0n) is 18.6. The van der Waals surface area contributed by atoms with Crippen molar-refractivity contribution >= 4 is 67.3 Å². The van der Waals surface area contributed by atoms with Gasteiger partial charge in [-0.05, 0) is 43.3 Å². The Morgan fingerprint density at radius 1 is 1.12 bits per heavy atom. The zero-order valence-corrected chi connectivity index (χ0v) is 20.2. The van der Waals surface area contributed by atoms with Gasteiger partial charge in [0.25, 0.3) is 5.91 Å². The predicted molar refractivity (Wildman–Crippen MR) is 133 cm³/mol. The molecular weight excluding hydrogens is 474 g/mol. The number of nitrogen functional groups attached to an aromatic ring is 1. The summed E-state index contributed by atoms with van der Waals surface area (Å²) in [5.74, 6) is 0.464. The van der Waals surface area contributed by atoms with Crippen LogP contribution in [0, 0.1) is 6.92 Å². The van der Waals surface area contributed by atoms with E-state index in [1.165, 1.54) is 28.3 Å². The van der Waals surface area contributed by atoms with Gasteiger partial charge in [-0.25, -0.2) is 20.0 Å². The lowest BCUT2D eigenvalue weighted by Gasteiger charge is -2.30. The molecule has 3 heterocycles. The standard InChI is InChI=1S/C23H20ClN7O2S/c1-12-26-10-19-22(25)28-16-6-4-14(8-18(16)31(12)19)23(33)30(29(3)13(2)32)11-21-27-17-9-15(24)5-7-20(17)34-21/h4-10H,11H2,1-3H3,(H2,25,28). The van der Waals surface area contributed by atoms with Crippen LogP contribution in [0.25, 0.3) is 26.8 Å². The average Bonchev–Trinajstić information content (AvgIpc) is 3.39. The minimum absolute atomic E-state index is 0.128. The van der Waals surface area contributed by atoms with E-state index in [0.29, 0.717) is 38.0 Å². The van der Waals surface area contributed by atoms with Crippen LogP contribution in [-0.4, -0.2) is 48.2 Å². The first-order chi connectivity index (χ1) is 16.2. The van der Waals surface area contributed by atoms with Crippen molar-refractivity contribution in [1.29, 1.82) is 0 Å². The van der Waals surface area contributed by atoms with Gasteiger partial charge in [-0.1, -0.05) is 11.6 Å². The number of rotatable bonds is 3. The summed E-state index contributed by atoms with van der Waals surface area (Å²) in [7, 11) is 1.56. The summed E-state index contributed by atoms with van der Waals surface area (Å²) in [5, 5.41) is 3.95. The molecule has 34 heavy (non-hydrogen) atoms. The number of halogens is 1. The quantitative estimate of drug-likeness (QED) is 0.379. The lowest BCUT2D eigenvalue weighted by atomic mass is 10.1. The summed E-state index contributed by atoms with van der Waals surface area (Å²) in [6.07, 6.45) is 1.65. The molecule has 2 aromatic carbocycles. The summed E-state index contributed by atoms with van der Waals surface area (Å²) in [4.78, 5) is 39.2. The minimum atomic E-state index is -0.348. The molecule has 0 spiro atoms. The highest BCUT2D eigenvalue weighted by molar-refractivity contribution is 7.18. The number of fused-ring (bicyclic) bond motifs is 4. The summed E-state index contributed by atoms with van der Waals surface area (Å²) in [6.45, 7) is 3.39. The van der Waals surface area contributed by atoms with E-state index in [1.807, 2.05) is 17.4 Å². The van der Waals surface area contributed by atoms with Crippen LogP contribution in [0.4, 0.5) is 5.82 Å². The number of carbonyl (C=O) groups excluding carboxylic acids is 2. The number of nitrogens with zero attached hydrogens (tertiary/aromatic N) is 6. The van der Waals surface area contributed by atoms with Gasteiger partial charge in [-0.2, -0.15) is 0 Å². The van der Waals surface area contributed by atoms with E-state index in [4.69, 9.17) is 17.3 Å². The first kappa shape index (κ1) is 22.1. The molecule has 5 aromatic rings. The topological polar surface area (TPSA) is 110 Å². The number of hydrogen-bond acceptors (Lipinski definition) is 7. The summed E-state index contributed by atoms with van der Waals surface area (Å²) < 4.78 is 2.81. The Balaban J connectivity index is 1.57. The molecule has 11 heteroatoms. The molecule has 0 radical (unpaired) electrons. The van der Waals surface area contributed by atoms with Crippen LogP contribution in [0.5, 0.6) is 0 Å². The first-order valence-corrected chi connectivity index (χ1v) is 11.6. The largest absolute Gasteiger partial charge is 0.382 e. The number of nitrogens with two attached hydrogens (primary N) is 1. The Bertz CT molecular complexity index is 1610. The van der Waals surface area contributed by atoms with Gasteiger partial charge in [0, 0.05) is 24.6 Å². The SMILES string of the molecule is CC(=O)N(C)N(Cc1nc2cc(Cl)ccc2s1)C(=O)c1ccc2nc(N)c3cnc(C)n3c2c1. The molecule has 5 rings (SSSR count). The summed E-state index contributed by atoms with van der Waals surface area (Å²) in [5.41, 5.74) is 9.22. The Labute approximate surface area is 203 Å². The van der Waals surface area contributed by atoms with Gasteiger partial charge in [0.05, 0.1) is 34.0 Å². The second-order valence-corrected chi connectivity index (χ2v) is 9.40. The third-order valence-corrected chi connectivity index (χ3v) is 6.89. The zero-order chi connectivity index (χ0) is 24.1. The first-order valence-electron chi connectivity index (χ1n) is 10.4. The smallest absolute Gasteiger partial charge is 0.272 e. The van der Waals surface area contributed by atoms with E-state index >= 15 is 0 Å². The molecule has 0 fully saturated rings. The number of carbonyl (C=O) groups is 2. The number of anilines is 1. The maximum absolute atomic E-state index is 13.7. The Morgan fingerprint density at radius 2 is 1.91 bits per heavy atom. The van der Waals surface area contributed by atoms with Crippen molar-refractivity contribution in [3.05, 3.63) is 64.0 Å². The number of aryl methyl sites for hydroxylation is 1. The van der Waals surface area contributed by atoms with Gasteiger partial charge in [-0.3, -0.25) is 19.0 Å². The molecule has 0 aliphatic heterocycles. The average molecular weight is 494 g/mol. The minimum Gasteiger partial charge on any atom is -0.382 e. The second kappa shape index (κ2) is 8.23. The highest BCUT2D eigenvalue weighted by Crippen LogP contribution is 2.27. The fraction of sp³-hybridized carbons (Fsp3) is 0.174. The number of thiazole rings is 1. The number of benzene rings is 2. The van der Waals surface area contributed by atoms with Gasteiger partial charge >= 0.3 is 0 Å². The van der Waals surface area contributed by atoms with Crippen molar-refractivity contribution in [1.82, 2.24) is 29.4 Å². The van der Waals surface area contributed by atoms with Gasteiger partial charge in [-0.15, -0.1) is 11.3 Å². The molecule has 3 aromatic heterocycles. The third-order valence-electron chi connectivity index (χ3n) is 5.64. The van der Waals surface area contributed by atoms with Crippen molar-refractivity contribution in [2.75, 3.05) is 12.8 Å². The molecule has 0 saturated carbocycles. The van der Waals surface area contributed by atoms with E-state index in [-0.39, 0.29) is 18.4 Å². The number of hydrogen-bond donors (Lipinski definition) is 1. The van der Waals surface area contributed by atoms with Crippen LogP contribution < -0.4 is 5.73 Å². The molecule has 9 nitrogen and oxygen atoms in total. The Morgan fingerprint density at radius 3 is 2.68 bits per heavy atom.